The Hall–Kier alpha value is -1.62. The summed E-state index contributed by atoms with van der Waals surface area (Å²) in [7, 11) is 0. The third-order valence-corrected chi connectivity index (χ3v) is 3.06. The molecule has 1 atom stereocenters. The molecule has 2 aromatic rings. The second kappa shape index (κ2) is 11.0. The van der Waals surface area contributed by atoms with E-state index < -0.39 is 0 Å². The number of nitrogens with two attached hydrogens (primary N) is 1. The molecule has 0 aliphatic rings. The quantitative estimate of drug-likeness (QED) is 0.848. The zero-order chi connectivity index (χ0) is 14.2. The number of rotatable bonds is 6. The van der Waals surface area contributed by atoms with Gasteiger partial charge in [0, 0.05) is 37.3 Å². The molecule has 2 rings (SSSR count). The minimum atomic E-state index is -0.258. The Bertz CT molecular complexity index is 538. The van der Waals surface area contributed by atoms with Crippen LogP contribution in [0.1, 0.15) is 23.7 Å². The molecular formula is C16H21Cl2N3O. The van der Waals surface area contributed by atoms with E-state index in [1.54, 1.807) is 6.20 Å². The molecule has 1 aromatic carbocycles. The number of nitrogens with zero attached hydrogens (tertiary/aromatic N) is 1. The third kappa shape index (κ3) is 6.89. The summed E-state index contributed by atoms with van der Waals surface area (Å²) < 4.78 is 0. The number of amides is 1. The van der Waals surface area contributed by atoms with Gasteiger partial charge in [0.2, 0.25) is 5.91 Å². The number of carbonyl (C=O) groups is 1. The molecule has 22 heavy (non-hydrogen) atoms. The standard InChI is InChI=1S/C16H19N3O.2ClH/c17-15(13-6-2-1-3-7-13)12-16(20)19-11-9-14-8-4-5-10-18-14;;/h1-8,10,15H,9,11-12,17H2,(H,19,20);2*1H. The van der Waals surface area contributed by atoms with E-state index in [4.69, 9.17) is 5.73 Å². The van der Waals surface area contributed by atoms with E-state index in [1.165, 1.54) is 0 Å². The van der Waals surface area contributed by atoms with Crippen LogP contribution in [-0.2, 0) is 11.2 Å². The zero-order valence-electron chi connectivity index (χ0n) is 12.1. The van der Waals surface area contributed by atoms with E-state index >= 15 is 0 Å². The smallest absolute Gasteiger partial charge is 0.221 e. The molecular weight excluding hydrogens is 321 g/mol. The van der Waals surface area contributed by atoms with Crippen LogP contribution >= 0.6 is 24.8 Å². The molecule has 0 bridgehead atoms. The lowest BCUT2D eigenvalue weighted by atomic mass is 10.0. The minimum Gasteiger partial charge on any atom is -0.356 e. The van der Waals surface area contributed by atoms with Gasteiger partial charge in [0.25, 0.3) is 0 Å². The van der Waals surface area contributed by atoms with E-state index in [1.807, 2.05) is 48.5 Å². The van der Waals surface area contributed by atoms with Gasteiger partial charge in [0.05, 0.1) is 0 Å². The van der Waals surface area contributed by atoms with Crippen LogP contribution in [0, 0.1) is 0 Å². The van der Waals surface area contributed by atoms with E-state index in [2.05, 4.69) is 10.3 Å². The number of benzene rings is 1. The zero-order valence-corrected chi connectivity index (χ0v) is 13.8. The number of aromatic nitrogens is 1. The van der Waals surface area contributed by atoms with Crippen LogP contribution in [0.15, 0.2) is 54.7 Å². The Labute approximate surface area is 143 Å². The van der Waals surface area contributed by atoms with Gasteiger partial charge in [-0.3, -0.25) is 9.78 Å². The average molecular weight is 342 g/mol. The summed E-state index contributed by atoms with van der Waals surface area (Å²) in [5, 5.41) is 2.87. The first-order valence-electron chi connectivity index (χ1n) is 6.73. The molecule has 4 nitrogen and oxygen atoms in total. The molecule has 0 spiro atoms. The van der Waals surface area contributed by atoms with Crippen LogP contribution < -0.4 is 11.1 Å². The molecule has 1 heterocycles. The fourth-order valence-corrected chi connectivity index (χ4v) is 1.97. The maximum Gasteiger partial charge on any atom is 0.221 e. The molecule has 3 N–H and O–H groups in total. The molecule has 1 aromatic heterocycles. The monoisotopic (exact) mass is 341 g/mol. The number of hydrogen-bond donors (Lipinski definition) is 2. The summed E-state index contributed by atoms with van der Waals surface area (Å²) in [4.78, 5) is 16.0. The van der Waals surface area contributed by atoms with Crippen molar-refractivity contribution in [1.82, 2.24) is 10.3 Å². The Balaban J connectivity index is 0.00000220. The van der Waals surface area contributed by atoms with Crippen LogP contribution in [0.4, 0.5) is 0 Å². The molecule has 0 fully saturated rings. The number of halogens is 2. The van der Waals surface area contributed by atoms with Crippen LogP contribution in [0.5, 0.6) is 0 Å². The molecule has 1 unspecified atom stereocenters. The molecule has 120 valence electrons. The molecule has 0 saturated carbocycles. The minimum absolute atomic E-state index is 0. The van der Waals surface area contributed by atoms with E-state index in [0.29, 0.717) is 13.0 Å². The van der Waals surface area contributed by atoms with Gasteiger partial charge in [0.15, 0.2) is 0 Å². The van der Waals surface area contributed by atoms with Crippen molar-refractivity contribution in [3.8, 4) is 0 Å². The van der Waals surface area contributed by atoms with Crippen molar-refractivity contribution in [2.45, 2.75) is 18.9 Å². The number of hydrogen-bond acceptors (Lipinski definition) is 3. The first kappa shape index (κ1) is 20.4. The summed E-state index contributed by atoms with van der Waals surface area (Å²) in [5.41, 5.74) is 7.96. The number of carbonyl (C=O) groups excluding carboxylic acids is 1. The summed E-state index contributed by atoms with van der Waals surface area (Å²) in [5.74, 6) is -0.0303. The van der Waals surface area contributed by atoms with Crippen molar-refractivity contribution in [2.75, 3.05) is 6.54 Å². The third-order valence-electron chi connectivity index (χ3n) is 3.06. The Morgan fingerprint density at radius 3 is 2.41 bits per heavy atom. The number of nitrogens with one attached hydrogen (secondary N) is 1. The first-order chi connectivity index (χ1) is 9.75. The van der Waals surface area contributed by atoms with Gasteiger partial charge in [0.1, 0.15) is 0 Å². The Morgan fingerprint density at radius 1 is 1.09 bits per heavy atom. The Morgan fingerprint density at radius 2 is 1.77 bits per heavy atom. The second-order valence-corrected chi connectivity index (χ2v) is 4.64. The molecule has 1 amide bonds. The summed E-state index contributed by atoms with van der Waals surface area (Å²) in [6, 6.07) is 15.2. The number of pyridine rings is 1. The maximum atomic E-state index is 11.8. The average Bonchev–Trinajstić information content (AvgIpc) is 2.49. The summed E-state index contributed by atoms with van der Waals surface area (Å²) in [6.07, 6.45) is 2.78. The predicted octanol–water partition coefficient (Wildman–Crippen LogP) is 2.67. The van der Waals surface area contributed by atoms with Gasteiger partial charge in [-0.2, -0.15) is 0 Å². The van der Waals surface area contributed by atoms with Gasteiger partial charge in [-0.1, -0.05) is 36.4 Å². The predicted molar refractivity (Wildman–Crippen MR) is 93.4 cm³/mol. The highest BCUT2D eigenvalue weighted by molar-refractivity contribution is 5.85. The van der Waals surface area contributed by atoms with Gasteiger partial charge in [-0.15, -0.1) is 24.8 Å². The molecule has 0 radical (unpaired) electrons. The molecule has 0 saturated heterocycles. The van der Waals surface area contributed by atoms with E-state index in [0.717, 1.165) is 17.7 Å². The summed E-state index contributed by atoms with van der Waals surface area (Å²) in [6.45, 7) is 0.581. The molecule has 6 heteroatoms. The molecule has 0 aliphatic heterocycles. The van der Waals surface area contributed by atoms with Crippen molar-refractivity contribution in [2.24, 2.45) is 5.73 Å². The van der Waals surface area contributed by atoms with Crippen molar-refractivity contribution in [1.29, 1.82) is 0 Å². The maximum absolute atomic E-state index is 11.8. The van der Waals surface area contributed by atoms with Gasteiger partial charge in [-0.05, 0) is 17.7 Å². The van der Waals surface area contributed by atoms with Gasteiger partial charge >= 0.3 is 0 Å². The SMILES string of the molecule is Cl.Cl.NC(CC(=O)NCCc1ccccn1)c1ccccc1. The topological polar surface area (TPSA) is 68.0 Å². The van der Waals surface area contributed by atoms with Crippen molar-refractivity contribution < 1.29 is 4.79 Å². The highest BCUT2D eigenvalue weighted by Gasteiger charge is 2.10. The van der Waals surface area contributed by atoms with E-state index in [-0.39, 0.29) is 36.8 Å². The van der Waals surface area contributed by atoms with Crippen LogP contribution in [0.25, 0.3) is 0 Å². The first-order valence-corrected chi connectivity index (χ1v) is 6.73. The van der Waals surface area contributed by atoms with Crippen LogP contribution in [-0.4, -0.2) is 17.4 Å². The summed E-state index contributed by atoms with van der Waals surface area (Å²) >= 11 is 0. The van der Waals surface area contributed by atoms with Crippen LogP contribution in [0.2, 0.25) is 0 Å². The van der Waals surface area contributed by atoms with Crippen molar-refractivity contribution in [3.63, 3.8) is 0 Å². The largest absolute Gasteiger partial charge is 0.356 e. The lowest BCUT2D eigenvalue weighted by molar-refractivity contribution is -0.121. The van der Waals surface area contributed by atoms with Crippen molar-refractivity contribution in [3.05, 3.63) is 66.0 Å². The lowest BCUT2D eigenvalue weighted by Crippen LogP contribution is -2.29. The van der Waals surface area contributed by atoms with Crippen LogP contribution in [0.3, 0.4) is 0 Å². The fourth-order valence-electron chi connectivity index (χ4n) is 1.97. The highest BCUT2D eigenvalue weighted by atomic mass is 35.5. The van der Waals surface area contributed by atoms with Gasteiger partial charge in [-0.25, -0.2) is 0 Å². The lowest BCUT2D eigenvalue weighted by Gasteiger charge is -2.12. The second-order valence-electron chi connectivity index (χ2n) is 4.64. The van der Waals surface area contributed by atoms with Gasteiger partial charge < -0.3 is 11.1 Å². The highest BCUT2D eigenvalue weighted by Crippen LogP contribution is 2.12. The van der Waals surface area contributed by atoms with Crippen molar-refractivity contribution >= 4 is 30.7 Å². The molecule has 0 aliphatic carbocycles. The fraction of sp³-hybridized carbons (Fsp3) is 0.250. The van der Waals surface area contributed by atoms with E-state index in [9.17, 15) is 4.79 Å². The normalized spacial score (nSPS) is 10.8. The Kier molecular flexibility index (Phi) is 10.2.